The van der Waals surface area contributed by atoms with Crippen molar-refractivity contribution in [3.8, 4) is 22.8 Å². The molecule has 0 unspecified atom stereocenters. The molecule has 4 rings (SSSR count). The average molecular weight is 526 g/mol. The lowest BCUT2D eigenvalue weighted by atomic mass is 10.2. The van der Waals surface area contributed by atoms with Crippen molar-refractivity contribution in [3.05, 3.63) is 88.4 Å². The third-order valence-electron chi connectivity index (χ3n) is 4.78. The quantitative estimate of drug-likeness (QED) is 0.167. The van der Waals surface area contributed by atoms with Crippen molar-refractivity contribution in [1.82, 2.24) is 20.2 Å². The maximum absolute atomic E-state index is 12.4. The zero-order valence-electron chi connectivity index (χ0n) is 18.7. The molecule has 0 aliphatic rings. The van der Waals surface area contributed by atoms with Crippen LogP contribution in [0.2, 0.25) is 10.0 Å². The first kappa shape index (κ1) is 24.8. The van der Waals surface area contributed by atoms with Crippen molar-refractivity contribution in [2.45, 2.75) is 12.1 Å². The molecular weight excluding hydrogens is 505 g/mol. The summed E-state index contributed by atoms with van der Waals surface area (Å²) in [4.78, 5) is 12.4. The van der Waals surface area contributed by atoms with Gasteiger partial charge < -0.3 is 4.74 Å². The predicted molar refractivity (Wildman–Crippen MR) is 141 cm³/mol. The first-order valence-corrected chi connectivity index (χ1v) is 12.4. The van der Waals surface area contributed by atoms with Gasteiger partial charge in [0.05, 0.1) is 28.6 Å². The molecule has 35 heavy (non-hydrogen) atoms. The van der Waals surface area contributed by atoms with Crippen LogP contribution in [0.25, 0.3) is 17.1 Å². The highest BCUT2D eigenvalue weighted by atomic mass is 35.5. The third kappa shape index (κ3) is 6.22. The predicted octanol–water partition coefficient (Wildman–Crippen LogP) is 5.88. The van der Waals surface area contributed by atoms with Crippen molar-refractivity contribution in [2.75, 3.05) is 12.4 Å². The normalized spacial score (nSPS) is 11.1. The molecule has 1 aromatic heterocycles. The van der Waals surface area contributed by atoms with Crippen molar-refractivity contribution < 1.29 is 9.53 Å². The van der Waals surface area contributed by atoms with E-state index >= 15 is 0 Å². The molecule has 178 valence electrons. The van der Waals surface area contributed by atoms with Crippen LogP contribution in [0.5, 0.6) is 5.75 Å². The van der Waals surface area contributed by atoms with Gasteiger partial charge in [-0.1, -0.05) is 77.4 Å². The van der Waals surface area contributed by atoms with Gasteiger partial charge in [0.15, 0.2) is 11.0 Å². The van der Waals surface area contributed by atoms with Crippen LogP contribution in [0.1, 0.15) is 12.5 Å². The van der Waals surface area contributed by atoms with E-state index in [0.29, 0.717) is 33.2 Å². The fourth-order valence-electron chi connectivity index (χ4n) is 3.18. The number of benzene rings is 3. The van der Waals surface area contributed by atoms with Gasteiger partial charge in [0.25, 0.3) is 5.91 Å². The molecule has 10 heteroatoms. The Bertz CT molecular complexity index is 1330. The molecule has 1 amide bonds. The van der Waals surface area contributed by atoms with Crippen LogP contribution in [0.15, 0.2) is 83.1 Å². The van der Waals surface area contributed by atoms with E-state index in [-0.39, 0.29) is 11.7 Å². The standard InChI is InChI=1S/C25H21Cl2N5O2S/c1-2-34-20-13-11-19(12-14-20)32-24(17-7-4-3-5-8-17)30-31-25(32)35-16-22(33)29-28-15-18-9-6-10-21(26)23(18)27/h3-15H,2,16H2,1H3,(H,29,33)/b28-15-. The van der Waals surface area contributed by atoms with Crippen molar-refractivity contribution in [3.63, 3.8) is 0 Å². The fraction of sp³-hybridized carbons (Fsp3) is 0.120. The number of amides is 1. The number of halogens is 2. The van der Waals surface area contributed by atoms with E-state index in [9.17, 15) is 4.79 Å². The monoisotopic (exact) mass is 525 g/mol. The summed E-state index contributed by atoms with van der Waals surface area (Å²) in [6.45, 7) is 2.53. The van der Waals surface area contributed by atoms with E-state index in [0.717, 1.165) is 17.0 Å². The maximum Gasteiger partial charge on any atom is 0.250 e. The number of carbonyl (C=O) groups is 1. The van der Waals surface area contributed by atoms with Gasteiger partial charge in [-0.2, -0.15) is 5.10 Å². The molecule has 4 aromatic rings. The Balaban J connectivity index is 1.51. The van der Waals surface area contributed by atoms with Crippen LogP contribution in [-0.4, -0.2) is 39.2 Å². The summed E-state index contributed by atoms with van der Waals surface area (Å²) in [7, 11) is 0. The first-order valence-electron chi connectivity index (χ1n) is 10.7. The van der Waals surface area contributed by atoms with Crippen LogP contribution >= 0.6 is 35.0 Å². The van der Waals surface area contributed by atoms with Gasteiger partial charge in [0.2, 0.25) is 0 Å². The zero-order chi connectivity index (χ0) is 24.6. The highest BCUT2D eigenvalue weighted by Crippen LogP contribution is 2.29. The molecule has 0 bridgehead atoms. The van der Waals surface area contributed by atoms with Gasteiger partial charge in [-0.05, 0) is 37.3 Å². The van der Waals surface area contributed by atoms with Gasteiger partial charge in [-0.25, -0.2) is 5.43 Å². The molecular formula is C25H21Cl2N5O2S. The smallest absolute Gasteiger partial charge is 0.250 e. The largest absolute Gasteiger partial charge is 0.494 e. The van der Waals surface area contributed by atoms with Gasteiger partial charge in [-0.15, -0.1) is 10.2 Å². The molecule has 1 N–H and O–H groups in total. The molecule has 1 heterocycles. The Kier molecular flexibility index (Phi) is 8.41. The van der Waals surface area contributed by atoms with Gasteiger partial charge in [0.1, 0.15) is 5.75 Å². The summed E-state index contributed by atoms with van der Waals surface area (Å²) in [5, 5.41) is 14.1. The average Bonchev–Trinajstić information content (AvgIpc) is 3.30. The number of nitrogens with zero attached hydrogens (tertiary/aromatic N) is 4. The topological polar surface area (TPSA) is 81.4 Å². The number of carbonyl (C=O) groups excluding carboxylic acids is 1. The van der Waals surface area contributed by atoms with E-state index in [1.165, 1.54) is 18.0 Å². The highest BCUT2D eigenvalue weighted by Gasteiger charge is 2.17. The minimum Gasteiger partial charge on any atom is -0.494 e. The Morgan fingerprint density at radius 3 is 2.57 bits per heavy atom. The van der Waals surface area contributed by atoms with Gasteiger partial charge in [0, 0.05) is 16.8 Å². The highest BCUT2D eigenvalue weighted by molar-refractivity contribution is 7.99. The van der Waals surface area contributed by atoms with E-state index in [1.807, 2.05) is 66.1 Å². The molecule has 0 aliphatic carbocycles. The Morgan fingerprint density at radius 2 is 1.83 bits per heavy atom. The first-order chi connectivity index (χ1) is 17.1. The molecule has 0 radical (unpaired) electrons. The molecule has 7 nitrogen and oxygen atoms in total. The summed E-state index contributed by atoms with van der Waals surface area (Å²) in [5.41, 5.74) is 4.87. The molecule has 0 fully saturated rings. The summed E-state index contributed by atoms with van der Waals surface area (Å²) in [6.07, 6.45) is 1.45. The molecule has 0 saturated heterocycles. The van der Waals surface area contributed by atoms with E-state index < -0.39 is 0 Å². The maximum atomic E-state index is 12.4. The van der Waals surface area contributed by atoms with E-state index in [1.54, 1.807) is 18.2 Å². The number of hydrazone groups is 1. The number of hydrogen-bond acceptors (Lipinski definition) is 6. The Hall–Kier alpha value is -3.33. The molecule has 3 aromatic carbocycles. The molecule has 0 spiro atoms. The number of ether oxygens (including phenoxy) is 1. The van der Waals surface area contributed by atoms with Crippen molar-refractivity contribution in [2.24, 2.45) is 5.10 Å². The lowest BCUT2D eigenvalue weighted by Crippen LogP contribution is -2.20. The number of nitrogens with one attached hydrogen (secondary N) is 1. The van der Waals surface area contributed by atoms with Crippen molar-refractivity contribution >= 4 is 47.1 Å². The van der Waals surface area contributed by atoms with E-state index in [2.05, 4.69) is 20.7 Å². The van der Waals surface area contributed by atoms with Crippen LogP contribution in [0, 0.1) is 0 Å². The minimum atomic E-state index is -0.299. The number of hydrogen-bond donors (Lipinski definition) is 1. The van der Waals surface area contributed by atoms with Crippen LogP contribution in [0.4, 0.5) is 0 Å². The molecule has 0 atom stereocenters. The number of aromatic nitrogens is 3. The van der Waals surface area contributed by atoms with Crippen LogP contribution in [0.3, 0.4) is 0 Å². The second kappa shape index (κ2) is 11.9. The second-order valence-corrected chi connectivity index (χ2v) is 8.89. The Morgan fingerprint density at radius 1 is 1.06 bits per heavy atom. The van der Waals surface area contributed by atoms with Crippen LogP contribution in [-0.2, 0) is 4.79 Å². The second-order valence-electron chi connectivity index (χ2n) is 7.16. The Labute approximate surface area is 217 Å². The van der Waals surface area contributed by atoms with Gasteiger partial charge in [-0.3, -0.25) is 9.36 Å². The molecule has 0 saturated carbocycles. The lowest BCUT2D eigenvalue weighted by Gasteiger charge is -2.11. The SMILES string of the molecule is CCOc1ccc(-n2c(SCC(=O)N/N=C\c3cccc(Cl)c3Cl)nnc2-c2ccccc2)cc1. The summed E-state index contributed by atoms with van der Waals surface area (Å²) < 4.78 is 7.47. The lowest BCUT2D eigenvalue weighted by molar-refractivity contribution is -0.118. The number of rotatable bonds is 9. The summed E-state index contributed by atoms with van der Waals surface area (Å²) in [5.74, 6) is 1.24. The summed E-state index contributed by atoms with van der Waals surface area (Å²) >= 11 is 13.4. The van der Waals surface area contributed by atoms with Crippen LogP contribution < -0.4 is 10.2 Å². The van der Waals surface area contributed by atoms with E-state index in [4.69, 9.17) is 27.9 Å². The molecule has 0 aliphatic heterocycles. The summed E-state index contributed by atoms with van der Waals surface area (Å²) in [6, 6.07) is 22.6. The van der Waals surface area contributed by atoms with Crippen molar-refractivity contribution in [1.29, 1.82) is 0 Å². The zero-order valence-corrected chi connectivity index (χ0v) is 21.0. The third-order valence-corrected chi connectivity index (χ3v) is 6.54. The fourth-order valence-corrected chi connectivity index (χ4v) is 4.29. The number of thioether (sulfide) groups is 1. The minimum absolute atomic E-state index is 0.0879. The van der Waals surface area contributed by atoms with Gasteiger partial charge >= 0.3 is 0 Å².